The van der Waals surface area contributed by atoms with Crippen LogP contribution in [0.1, 0.15) is 5.56 Å². The molecule has 0 aliphatic rings. The van der Waals surface area contributed by atoms with Crippen molar-refractivity contribution in [2.75, 3.05) is 6.73 Å². The van der Waals surface area contributed by atoms with E-state index >= 15 is 0 Å². The molecule has 0 aliphatic heterocycles. The molecular weight excluding hydrogens is 194 g/mol. The summed E-state index contributed by atoms with van der Waals surface area (Å²) in [6.45, 7) is -0.283. The third-order valence-electron chi connectivity index (χ3n) is 1.54. The van der Waals surface area contributed by atoms with Crippen LogP contribution < -0.4 is 0 Å². The summed E-state index contributed by atoms with van der Waals surface area (Å²) < 4.78 is 4.56. The van der Waals surface area contributed by atoms with Crippen LogP contribution >= 0.6 is 0 Å². The summed E-state index contributed by atoms with van der Waals surface area (Å²) >= 11 is 0. The Morgan fingerprint density at radius 3 is 2.87 bits per heavy atom. The Balaban J connectivity index is 2.44. The van der Waals surface area contributed by atoms with Crippen LogP contribution in [0.4, 0.5) is 0 Å². The number of hydrogen-bond acceptors (Lipinski definition) is 3. The van der Waals surface area contributed by atoms with Gasteiger partial charge in [-0.15, -0.1) is 0 Å². The van der Waals surface area contributed by atoms with Gasteiger partial charge < -0.3 is 4.74 Å². The number of nitrogens with zero attached hydrogens (tertiary/aromatic N) is 3. The van der Waals surface area contributed by atoms with Crippen LogP contribution in [0.25, 0.3) is 16.5 Å². The van der Waals surface area contributed by atoms with Gasteiger partial charge in [-0.05, 0) is 17.2 Å². The molecule has 5 nitrogen and oxygen atoms in total. The Hall–Kier alpha value is -2.26. The van der Waals surface area contributed by atoms with Gasteiger partial charge in [0, 0.05) is 11.0 Å². The van der Waals surface area contributed by atoms with E-state index in [0.717, 1.165) is 5.56 Å². The van der Waals surface area contributed by atoms with Crippen molar-refractivity contribution in [2.24, 2.45) is 5.11 Å². The quantitative estimate of drug-likeness (QED) is 0.248. The third-order valence-corrected chi connectivity index (χ3v) is 1.54. The minimum absolute atomic E-state index is 0.283. The van der Waals surface area contributed by atoms with Crippen molar-refractivity contribution in [3.05, 3.63) is 52.4 Å². The largest absolute Gasteiger partial charge is 0.456 e. The average Bonchev–Trinajstić information content (AvgIpc) is 2.28. The third kappa shape index (κ3) is 4.50. The molecule has 0 aliphatic carbocycles. The molecule has 0 aromatic heterocycles. The summed E-state index contributed by atoms with van der Waals surface area (Å²) in [6.07, 6.45) is 2.90. The van der Waals surface area contributed by atoms with Crippen LogP contribution in [0.3, 0.4) is 0 Å². The van der Waals surface area contributed by atoms with Gasteiger partial charge in [-0.25, -0.2) is 4.79 Å². The number of carbonyl (C=O) groups excluding carboxylic acids is 1. The molecule has 76 valence electrons. The summed E-state index contributed by atoms with van der Waals surface area (Å²) in [4.78, 5) is 13.4. The fraction of sp³-hybridized carbons (Fsp3) is 0.100. The van der Waals surface area contributed by atoms with E-state index in [1.807, 2.05) is 30.3 Å². The molecule has 0 fully saturated rings. The van der Waals surface area contributed by atoms with Crippen molar-refractivity contribution in [1.29, 1.82) is 0 Å². The van der Waals surface area contributed by atoms with E-state index in [1.165, 1.54) is 6.08 Å². The van der Waals surface area contributed by atoms with E-state index in [0.29, 0.717) is 0 Å². The van der Waals surface area contributed by atoms with E-state index in [9.17, 15) is 4.79 Å². The number of azide groups is 1. The maximum Gasteiger partial charge on any atom is 0.330 e. The fourth-order valence-electron chi connectivity index (χ4n) is 0.895. The second kappa shape index (κ2) is 6.23. The van der Waals surface area contributed by atoms with Gasteiger partial charge >= 0.3 is 5.97 Å². The minimum Gasteiger partial charge on any atom is -0.456 e. The van der Waals surface area contributed by atoms with Crippen molar-refractivity contribution in [3.63, 3.8) is 0 Å². The fourth-order valence-corrected chi connectivity index (χ4v) is 0.895. The van der Waals surface area contributed by atoms with Crippen LogP contribution in [-0.2, 0) is 9.53 Å². The number of carbonyl (C=O) groups is 1. The Morgan fingerprint density at radius 2 is 2.20 bits per heavy atom. The molecular formula is C10H9N3O2. The van der Waals surface area contributed by atoms with Gasteiger partial charge in [-0.3, -0.25) is 0 Å². The zero-order valence-corrected chi connectivity index (χ0v) is 7.91. The standard InChI is InChI=1S/C10H9N3O2/c11-13-12-8-15-10(14)7-6-9-4-2-1-3-5-9/h1-7H,8H2/b7-6+. The van der Waals surface area contributed by atoms with Crippen LogP contribution in [-0.4, -0.2) is 12.7 Å². The summed E-state index contributed by atoms with van der Waals surface area (Å²) in [6, 6.07) is 9.33. The van der Waals surface area contributed by atoms with Gasteiger partial charge in [-0.2, -0.15) is 0 Å². The highest BCUT2D eigenvalue weighted by atomic mass is 16.5. The molecule has 15 heavy (non-hydrogen) atoms. The second-order valence-electron chi connectivity index (χ2n) is 2.57. The van der Waals surface area contributed by atoms with Gasteiger partial charge in [0.05, 0.1) is 0 Å². The van der Waals surface area contributed by atoms with Crippen molar-refractivity contribution in [3.8, 4) is 0 Å². The first-order valence-electron chi connectivity index (χ1n) is 4.23. The smallest absolute Gasteiger partial charge is 0.330 e. The number of benzene rings is 1. The Bertz CT molecular complexity index is 394. The number of ether oxygens (including phenoxy) is 1. The SMILES string of the molecule is [N-]=[N+]=NCOC(=O)/C=C/c1ccccc1. The van der Waals surface area contributed by atoms with Crippen molar-refractivity contribution in [1.82, 2.24) is 0 Å². The molecule has 0 saturated carbocycles. The highest BCUT2D eigenvalue weighted by Gasteiger charge is 1.93. The molecule has 0 heterocycles. The summed E-state index contributed by atoms with van der Waals surface area (Å²) in [7, 11) is 0. The van der Waals surface area contributed by atoms with Crippen molar-refractivity contribution in [2.45, 2.75) is 0 Å². The maximum atomic E-state index is 11.0. The first kappa shape index (κ1) is 10.8. The Labute approximate surface area is 86.6 Å². The topological polar surface area (TPSA) is 75.1 Å². The lowest BCUT2D eigenvalue weighted by Crippen LogP contribution is -1.99. The number of hydrogen-bond donors (Lipinski definition) is 0. The van der Waals surface area contributed by atoms with Gasteiger partial charge in [0.15, 0.2) is 6.73 Å². The monoisotopic (exact) mass is 203 g/mol. The van der Waals surface area contributed by atoms with Crippen molar-refractivity contribution >= 4 is 12.0 Å². The molecule has 0 radical (unpaired) electrons. The molecule has 0 amide bonds. The van der Waals surface area contributed by atoms with E-state index in [4.69, 9.17) is 5.53 Å². The van der Waals surface area contributed by atoms with Crippen LogP contribution in [0.5, 0.6) is 0 Å². The minimum atomic E-state index is -0.536. The highest BCUT2D eigenvalue weighted by molar-refractivity contribution is 5.86. The van der Waals surface area contributed by atoms with Crippen LogP contribution in [0.2, 0.25) is 0 Å². The molecule has 0 spiro atoms. The molecule has 0 atom stereocenters. The highest BCUT2D eigenvalue weighted by Crippen LogP contribution is 2.00. The zero-order chi connectivity index (χ0) is 10.9. The van der Waals surface area contributed by atoms with E-state index < -0.39 is 5.97 Å². The first-order valence-corrected chi connectivity index (χ1v) is 4.23. The van der Waals surface area contributed by atoms with E-state index in [1.54, 1.807) is 6.08 Å². The van der Waals surface area contributed by atoms with Crippen LogP contribution in [0, 0.1) is 0 Å². The molecule has 0 unspecified atom stereocenters. The molecule has 0 bridgehead atoms. The maximum absolute atomic E-state index is 11.0. The average molecular weight is 203 g/mol. The predicted molar refractivity (Wildman–Crippen MR) is 55.6 cm³/mol. The van der Waals surface area contributed by atoms with Crippen LogP contribution in [0.15, 0.2) is 41.5 Å². The van der Waals surface area contributed by atoms with E-state index in [-0.39, 0.29) is 6.73 Å². The lowest BCUT2D eigenvalue weighted by Gasteiger charge is -1.94. The predicted octanol–water partition coefficient (Wildman–Crippen LogP) is 2.51. The lowest BCUT2D eigenvalue weighted by molar-refractivity contribution is -0.137. The van der Waals surface area contributed by atoms with Gasteiger partial charge in [0.25, 0.3) is 0 Å². The molecule has 1 aromatic rings. The zero-order valence-electron chi connectivity index (χ0n) is 7.91. The normalized spacial score (nSPS) is 9.60. The summed E-state index contributed by atoms with van der Waals surface area (Å²) in [5, 5.41) is 3.07. The second-order valence-corrected chi connectivity index (χ2v) is 2.57. The molecule has 5 heteroatoms. The van der Waals surface area contributed by atoms with Gasteiger partial charge in [0.2, 0.25) is 0 Å². The van der Waals surface area contributed by atoms with Gasteiger partial charge in [0.1, 0.15) is 0 Å². The lowest BCUT2D eigenvalue weighted by atomic mass is 10.2. The molecule has 1 rings (SSSR count). The van der Waals surface area contributed by atoms with E-state index in [2.05, 4.69) is 14.8 Å². The Kier molecular flexibility index (Phi) is 4.50. The molecule has 0 saturated heterocycles. The summed E-state index contributed by atoms with van der Waals surface area (Å²) in [5.41, 5.74) is 8.84. The number of esters is 1. The van der Waals surface area contributed by atoms with Crippen molar-refractivity contribution < 1.29 is 9.53 Å². The summed E-state index contributed by atoms with van der Waals surface area (Å²) in [5.74, 6) is -0.536. The first-order chi connectivity index (χ1) is 7.33. The molecule has 0 N–H and O–H groups in total. The number of rotatable bonds is 4. The molecule has 1 aromatic carbocycles. The Morgan fingerprint density at radius 1 is 1.47 bits per heavy atom. The van der Waals surface area contributed by atoms with Gasteiger partial charge in [-0.1, -0.05) is 35.4 Å².